The first-order valence-corrected chi connectivity index (χ1v) is 8.83. The van der Waals surface area contributed by atoms with E-state index in [0.717, 1.165) is 31.3 Å². The van der Waals surface area contributed by atoms with Gasteiger partial charge in [0.25, 0.3) is 0 Å². The van der Waals surface area contributed by atoms with Gasteiger partial charge < -0.3 is 15.1 Å². The second kappa shape index (κ2) is 7.22. The summed E-state index contributed by atoms with van der Waals surface area (Å²) in [5.41, 5.74) is 1.33. The molecular formula is C17H21N3S2. The van der Waals surface area contributed by atoms with Crippen LogP contribution in [0.3, 0.4) is 0 Å². The van der Waals surface area contributed by atoms with E-state index in [1.165, 1.54) is 10.4 Å². The molecule has 2 heterocycles. The molecule has 1 unspecified atom stereocenters. The van der Waals surface area contributed by atoms with Gasteiger partial charge in [-0.05, 0) is 36.3 Å². The quantitative estimate of drug-likeness (QED) is 0.871. The number of thiophene rings is 1. The van der Waals surface area contributed by atoms with Crippen molar-refractivity contribution >= 4 is 28.7 Å². The molecule has 3 rings (SSSR count). The van der Waals surface area contributed by atoms with Gasteiger partial charge in [0.05, 0.1) is 12.6 Å². The third-order valence-corrected chi connectivity index (χ3v) is 5.28. The van der Waals surface area contributed by atoms with Gasteiger partial charge in [-0.1, -0.05) is 36.4 Å². The Balaban J connectivity index is 1.70. The van der Waals surface area contributed by atoms with Crippen LogP contribution in [-0.2, 0) is 6.54 Å². The molecule has 116 valence electrons. The average Bonchev–Trinajstić information content (AvgIpc) is 3.07. The summed E-state index contributed by atoms with van der Waals surface area (Å²) in [5, 5.41) is 6.38. The van der Waals surface area contributed by atoms with E-state index >= 15 is 0 Å². The minimum Gasteiger partial charge on any atom is -0.358 e. The zero-order chi connectivity index (χ0) is 15.4. The maximum Gasteiger partial charge on any atom is 0.169 e. The molecule has 1 aromatic heterocycles. The van der Waals surface area contributed by atoms with Gasteiger partial charge in [0, 0.05) is 24.5 Å². The number of hydrogen-bond acceptors (Lipinski definition) is 3. The van der Waals surface area contributed by atoms with E-state index in [0.29, 0.717) is 6.04 Å². The highest BCUT2D eigenvalue weighted by Gasteiger charge is 2.28. The van der Waals surface area contributed by atoms with Crippen LogP contribution in [-0.4, -0.2) is 41.6 Å². The van der Waals surface area contributed by atoms with E-state index in [4.69, 9.17) is 12.2 Å². The summed E-state index contributed by atoms with van der Waals surface area (Å²) in [6.45, 7) is 3.83. The number of likely N-dealkylation sites (N-methyl/N-ethyl adjacent to an activating group) is 1. The van der Waals surface area contributed by atoms with Crippen LogP contribution in [0, 0.1) is 0 Å². The van der Waals surface area contributed by atoms with Crippen molar-refractivity contribution in [1.29, 1.82) is 0 Å². The summed E-state index contributed by atoms with van der Waals surface area (Å²) in [4.78, 5) is 6.02. The molecule has 22 heavy (non-hydrogen) atoms. The monoisotopic (exact) mass is 331 g/mol. The third kappa shape index (κ3) is 3.66. The number of thiocarbonyl (C=S) groups is 1. The SMILES string of the molecule is CN1CCN(C(=S)NCc2cccs2)C(c2ccccc2)C1. The molecule has 1 atom stereocenters. The lowest BCUT2D eigenvalue weighted by molar-refractivity contribution is 0.150. The summed E-state index contributed by atoms with van der Waals surface area (Å²) < 4.78 is 0. The summed E-state index contributed by atoms with van der Waals surface area (Å²) in [6, 6.07) is 15.2. The van der Waals surface area contributed by atoms with Crippen molar-refractivity contribution in [2.75, 3.05) is 26.7 Å². The predicted molar refractivity (Wildman–Crippen MR) is 97.1 cm³/mol. The number of rotatable bonds is 3. The van der Waals surface area contributed by atoms with Crippen molar-refractivity contribution in [3.05, 3.63) is 58.3 Å². The summed E-state index contributed by atoms with van der Waals surface area (Å²) in [6.07, 6.45) is 0. The Morgan fingerprint density at radius 2 is 2.05 bits per heavy atom. The van der Waals surface area contributed by atoms with Gasteiger partial charge in [0.15, 0.2) is 5.11 Å². The first kappa shape index (κ1) is 15.5. The van der Waals surface area contributed by atoms with Gasteiger partial charge >= 0.3 is 0 Å². The smallest absolute Gasteiger partial charge is 0.169 e. The molecule has 0 saturated carbocycles. The Hall–Kier alpha value is -1.43. The predicted octanol–water partition coefficient (Wildman–Crippen LogP) is 3.11. The van der Waals surface area contributed by atoms with E-state index in [1.807, 2.05) is 0 Å². The minimum atomic E-state index is 0.322. The topological polar surface area (TPSA) is 18.5 Å². The van der Waals surface area contributed by atoms with Crippen LogP contribution in [0.25, 0.3) is 0 Å². The lowest BCUT2D eigenvalue weighted by Gasteiger charge is -2.41. The van der Waals surface area contributed by atoms with E-state index in [9.17, 15) is 0 Å². The molecule has 1 fully saturated rings. The molecule has 0 bridgehead atoms. The molecule has 2 aromatic rings. The van der Waals surface area contributed by atoms with Crippen molar-refractivity contribution in [3.8, 4) is 0 Å². The van der Waals surface area contributed by atoms with Crippen molar-refractivity contribution in [2.24, 2.45) is 0 Å². The molecule has 0 spiro atoms. The molecule has 1 aliphatic rings. The van der Waals surface area contributed by atoms with Crippen LogP contribution in [0.15, 0.2) is 47.8 Å². The Kier molecular flexibility index (Phi) is 5.08. The summed E-state index contributed by atoms with van der Waals surface area (Å²) >= 11 is 7.42. The number of nitrogens with one attached hydrogen (secondary N) is 1. The van der Waals surface area contributed by atoms with E-state index < -0.39 is 0 Å². The second-order valence-electron chi connectivity index (χ2n) is 5.62. The number of nitrogens with zero attached hydrogens (tertiary/aromatic N) is 2. The lowest BCUT2D eigenvalue weighted by Crippen LogP contribution is -2.52. The van der Waals surface area contributed by atoms with Crippen LogP contribution >= 0.6 is 23.6 Å². The average molecular weight is 332 g/mol. The van der Waals surface area contributed by atoms with Crippen molar-refractivity contribution in [2.45, 2.75) is 12.6 Å². The van der Waals surface area contributed by atoms with E-state index in [2.05, 4.69) is 70.0 Å². The fourth-order valence-electron chi connectivity index (χ4n) is 2.80. The highest BCUT2D eigenvalue weighted by atomic mass is 32.1. The molecule has 1 aliphatic heterocycles. The number of piperazine rings is 1. The standard InChI is InChI=1S/C17H21N3S2/c1-19-9-10-20(16(13-19)14-6-3-2-4-7-14)17(21)18-12-15-8-5-11-22-15/h2-8,11,16H,9-10,12-13H2,1H3,(H,18,21). The molecule has 0 radical (unpaired) electrons. The Morgan fingerprint density at radius 3 is 2.77 bits per heavy atom. The van der Waals surface area contributed by atoms with Gasteiger partial charge in [-0.2, -0.15) is 0 Å². The van der Waals surface area contributed by atoms with Gasteiger partial charge in [0.1, 0.15) is 0 Å². The van der Waals surface area contributed by atoms with Gasteiger partial charge in [-0.15, -0.1) is 11.3 Å². The van der Waals surface area contributed by atoms with Crippen molar-refractivity contribution in [3.63, 3.8) is 0 Å². The molecule has 0 amide bonds. The Labute approximate surface area is 141 Å². The molecule has 1 saturated heterocycles. The molecular weight excluding hydrogens is 310 g/mol. The van der Waals surface area contributed by atoms with Crippen LogP contribution < -0.4 is 5.32 Å². The largest absolute Gasteiger partial charge is 0.358 e. The zero-order valence-electron chi connectivity index (χ0n) is 12.7. The van der Waals surface area contributed by atoms with Crippen molar-refractivity contribution in [1.82, 2.24) is 15.1 Å². The molecule has 5 heteroatoms. The highest BCUT2D eigenvalue weighted by molar-refractivity contribution is 7.80. The second-order valence-corrected chi connectivity index (χ2v) is 7.04. The summed E-state index contributed by atoms with van der Waals surface area (Å²) in [7, 11) is 2.18. The fraction of sp³-hybridized carbons (Fsp3) is 0.353. The van der Waals surface area contributed by atoms with E-state index in [1.54, 1.807) is 11.3 Å². The molecule has 3 nitrogen and oxygen atoms in total. The summed E-state index contributed by atoms with van der Waals surface area (Å²) in [5.74, 6) is 0. The first-order valence-electron chi connectivity index (χ1n) is 7.54. The molecule has 0 aliphatic carbocycles. The maximum atomic E-state index is 5.66. The lowest BCUT2D eigenvalue weighted by atomic mass is 10.0. The van der Waals surface area contributed by atoms with Gasteiger partial charge in [0.2, 0.25) is 0 Å². The van der Waals surface area contributed by atoms with Crippen LogP contribution in [0.5, 0.6) is 0 Å². The fourth-order valence-corrected chi connectivity index (χ4v) is 3.74. The van der Waals surface area contributed by atoms with E-state index in [-0.39, 0.29) is 0 Å². The molecule has 1 N–H and O–H groups in total. The van der Waals surface area contributed by atoms with Crippen LogP contribution in [0.2, 0.25) is 0 Å². The van der Waals surface area contributed by atoms with Crippen LogP contribution in [0.1, 0.15) is 16.5 Å². The van der Waals surface area contributed by atoms with Crippen LogP contribution in [0.4, 0.5) is 0 Å². The Morgan fingerprint density at radius 1 is 1.23 bits per heavy atom. The third-order valence-electron chi connectivity index (χ3n) is 4.02. The highest BCUT2D eigenvalue weighted by Crippen LogP contribution is 2.25. The normalized spacial score (nSPS) is 19.1. The Bertz CT molecular complexity index is 598. The molecule has 1 aromatic carbocycles. The zero-order valence-corrected chi connectivity index (χ0v) is 14.4. The minimum absolute atomic E-state index is 0.322. The number of hydrogen-bond donors (Lipinski definition) is 1. The van der Waals surface area contributed by atoms with Gasteiger partial charge in [-0.25, -0.2) is 0 Å². The number of benzene rings is 1. The maximum absolute atomic E-state index is 5.66. The van der Waals surface area contributed by atoms with Crippen molar-refractivity contribution < 1.29 is 0 Å². The van der Waals surface area contributed by atoms with Gasteiger partial charge in [-0.3, -0.25) is 0 Å². The first-order chi connectivity index (χ1) is 10.7.